The van der Waals surface area contributed by atoms with Crippen molar-refractivity contribution >= 4 is 45.6 Å². The monoisotopic (exact) mass is 315 g/mol. The minimum absolute atomic E-state index is 0.190. The van der Waals surface area contributed by atoms with Crippen molar-refractivity contribution in [3.8, 4) is 11.4 Å². The molecular weight excluding hydrogens is 305 g/mol. The lowest BCUT2D eigenvalue weighted by Gasteiger charge is -2.10. The summed E-state index contributed by atoms with van der Waals surface area (Å²) in [6.07, 6.45) is 2.29. The van der Waals surface area contributed by atoms with Crippen LogP contribution < -0.4 is 5.32 Å². The third kappa shape index (κ3) is 2.16. The summed E-state index contributed by atoms with van der Waals surface area (Å²) in [5.41, 5.74) is 0.988. The third-order valence-corrected chi connectivity index (χ3v) is 5.22. The van der Waals surface area contributed by atoms with Crippen molar-refractivity contribution in [3.05, 3.63) is 23.7 Å². The van der Waals surface area contributed by atoms with E-state index in [0.29, 0.717) is 11.6 Å². The number of thiazole rings is 1. The lowest BCUT2D eigenvalue weighted by molar-refractivity contribution is -0.120. The first kappa shape index (κ1) is 13.0. The Morgan fingerprint density at radius 1 is 1.58 bits per heavy atom. The van der Waals surface area contributed by atoms with Crippen molar-refractivity contribution < 1.29 is 4.79 Å². The highest BCUT2D eigenvalue weighted by Crippen LogP contribution is 2.64. The quantitative estimate of drug-likeness (QED) is 0.849. The first-order chi connectivity index (χ1) is 8.92. The van der Waals surface area contributed by atoms with Gasteiger partial charge in [-0.25, -0.2) is 4.98 Å². The smallest absolute Gasteiger partial charge is 0.235 e. The molecule has 0 bridgehead atoms. The number of hydrogen-bond acceptors (Lipinski definition) is 3. The topological polar surface area (TPSA) is 57.8 Å². The minimum Gasteiger partial charge on any atom is -0.360 e. The fourth-order valence-electron chi connectivity index (χ4n) is 1.83. The maximum atomic E-state index is 12.1. The fourth-order valence-corrected chi connectivity index (χ4v) is 3.24. The van der Waals surface area contributed by atoms with Crippen molar-refractivity contribution in [2.45, 2.75) is 17.7 Å². The number of aromatic nitrogens is 2. The summed E-state index contributed by atoms with van der Waals surface area (Å²) in [6.45, 7) is 1.75. The number of amides is 1. The number of aromatic amines is 1. The van der Waals surface area contributed by atoms with E-state index in [0.717, 1.165) is 11.4 Å². The van der Waals surface area contributed by atoms with E-state index in [2.05, 4.69) is 15.3 Å². The standard InChI is InChI=1S/C12H11Cl2N3OS/c1-11(6-12(11,13)14)9(18)17-10-16-8(5-19-10)7-3-2-4-15-7/h2-5,15H,6H2,1H3,(H,16,17,18). The second kappa shape index (κ2) is 4.23. The Morgan fingerprint density at radius 3 is 2.89 bits per heavy atom. The molecule has 1 aliphatic carbocycles. The molecule has 0 aromatic carbocycles. The van der Waals surface area contributed by atoms with Gasteiger partial charge in [0.2, 0.25) is 5.91 Å². The molecule has 1 atom stereocenters. The Morgan fingerprint density at radius 2 is 2.32 bits per heavy atom. The highest BCUT2D eigenvalue weighted by molar-refractivity contribution is 7.14. The van der Waals surface area contributed by atoms with Crippen LogP contribution in [0.1, 0.15) is 13.3 Å². The van der Waals surface area contributed by atoms with Gasteiger partial charge >= 0.3 is 0 Å². The Bertz CT molecular complexity index is 623. The highest BCUT2D eigenvalue weighted by atomic mass is 35.5. The largest absolute Gasteiger partial charge is 0.360 e. The lowest BCUT2D eigenvalue weighted by Crippen LogP contribution is -2.25. The zero-order chi connectivity index (χ0) is 13.7. The van der Waals surface area contributed by atoms with E-state index in [1.807, 2.05) is 23.7 Å². The van der Waals surface area contributed by atoms with Crippen LogP contribution in [0.2, 0.25) is 0 Å². The van der Waals surface area contributed by atoms with E-state index < -0.39 is 9.75 Å². The summed E-state index contributed by atoms with van der Waals surface area (Å²) in [6, 6.07) is 3.82. The van der Waals surface area contributed by atoms with E-state index >= 15 is 0 Å². The van der Waals surface area contributed by atoms with Crippen LogP contribution >= 0.6 is 34.5 Å². The normalized spacial score (nSPS) is 24.2. The van der Waals surface area contributed by atoms with Gasteiger partial charge in [0.25, 0.3) is 0 Å². The number of anilines is 1. The number of H-pyrrole nitrogens is 1. The Labute approximate surface area is 124 Å². The zero-order valence-corrected chi connectivity index (χ0v) is 12.4. The summed E-state index contributed by atoms with van der Waals surface area (Å²) in [7, 11) is 0. The van der Waals surface area contributed by atoms with Gasteiger partial charge in [0.1, 0.15) is 4.33 Å². The Hall–Kier alpha value is -1.04. The molecule has 2 heterocycles. The van der Waals surface area contributed by atoms with E-state index in [1.165, 1.54) is 11.3 Å². The molecule has 19 heavy (non-hydrogen) atoms. The maximum absolute atomic E-state index is 12.1. The molecule has 7 heteroatoms. The van der Waals surface area contributed by atoms with Crippen LogP contribution in [0.4, 0.5) is 5.13 Å². The average Bonchev–Trinajstić information content (AvgIpc) is 2.83. The van der Waals surface area contributed by atoms with E-state index in [9.17, 15) is 4.79 Å². The molecule has 1 amide bonds. The number of nitrogens with one attached hydrogen (secondary N) is 2. The molecule has 1 aliphatic rings. The van der Waals surface area contributed by atoms with Crippen molar-refractivity contribution in [2.24, 2.45) is 5.41 Å². The van der Waals surface area contributed by atoms with Crippen molar-refractivity contribution in [1.29, 1.82) is 0 Å². The zero-order valence-electron chi connectivity index (χ0n) is 10.0. The predicted molar refractivity (Wildman–Crippen MR) is 77.7 cm³/mol. The van der Waals surface area contributed by atoms with Gasteiger partial charge in [-0.1, -0.05) is 0 Å². The van der Waals surface area contributed by atoms with Gasteiger partial charge < -0.3 is 10.3 Å². The van der Waals surface area contributed by atoms with Crippen LogP contribution in [0.15, 0.2) is 23.7 Å². The molecule has 2 N–H and O–H groups in total. The molecular formula is C12H11Cl2N3OS. The molecule has 2 aromatic rings. The van der Waals surface area contributed by atoms with E-state index in [-0.39, 0.29) is 5.91 Å². The van der Waals surface area contributed by atoms with Crippen molar-refractivity contribution in [3.63, 3.8) is 0 Å². The summed E-state index contributed by atoms with van der Waals surface area (Å²) < 4.78 is -0.962. The summed E-state index contributed by atoms with van der Waals surface area (Å²) in [5.74, 6) is -0.190. The molecule has 0 aliphatic heterocycles. The molecule has 100 valence electrons. The summed E-state index contributed by atoms with van der Waals surface area (Å²) in [4.78, 5) is 19.5. The van der Waals surface area contributed by atoms with Crippen LogP contribution in [0.5, 0.6) is 0 Å². The molecule has 0 radical (unpaired) electrons. The van der Waals surface area contributed by atoms with Gasteiger partial charge in [0, 0.05) is 11.6 Å². The number of halogens is 2. The minimum atomic E-state index is -0.962. The highest BCUT2D eigenvalue weighted by Gasteiger charge is 2.68. The maximum Gasteiger partial charge on any atom is 0.235 e. The van der Waals surface area contributed by atoms with E-state index in [4.69, 9.17) is 23.2 Å². The molecule has 0 saturated heterocycles. The number of nitrogens with zero attached hydrogens (tertiary/aromatic N) is 1. The van der Waals surface area contributed by atoms with Gasteiger partial charge in [-0.2, -0.15) is 0 Å². The van der Waals surface area contributed by atoms with Crippen LogP contribution in [0.3, 0.4) is 0 Å². The second-order valence-corrected chi connectivity index (χ2v) is 7.13. The van der Waals surface area contributed by atoms with Crippen LogP contribution in [0.25, 0.3) is 11.4 Å². The van der Waals surface area contributed by atoms with Crippen molar-refractivity contribution in [1.82, 2.24) is 9.97 Å². The predicted octanol–water partition coefficient (Wildman–Crippen LogP) is 3.66. The summed E-state index contributed by atoms with van der Waals surface area (Å²) in [5, 5.41) is 5.20. The lowest BCUT2D eigenvalue weighted by atomic mass is 10.1. The van der Waals surface area contributed by atoms with Crippen molar-refractivity contribution in [2.75, 3.05) is 5.32 Å². The molecule has 1 unspecified atom stereocenters. The average molecular weight is 316 g/mol. The summed E-state index contributed by atoms with van der Waals surface area (Å²) >= 11 is 13.3. The number of alkyl halides is 2. The SMILES string of the molecule is CC1(C(=O)Nc2nc(-c3ccc[nH]3)cs2)CC1(Cl)Cl. The Balaban J connectivity index is 1.73. The molecule has 4 nitrogen and oxygen atoms in total. The van der Waals surface area contributed by atoms with Crippen LogP contribution in [0, 0.1) is 5.41 Å². The fraction of sp³-hybridized carbons (Fsp3) is 0.333. The van der Waals surface area contributed by atoms with Crippen LogP contribution in [-0.4, -0.2) is 20.2 Å². The number of hydrogen-bond donors (Lipinski definition) is 2. The third-order valence-electron chi connectivity index (χ3n) is 3.36. The van der Waals surface area contributed by atoms with Gasteiger partial charge in [0.15, 0.2) is 5.13 Å². The van der Waals surface area contributed by atoms with Gasteiger partial charge in [0.05, 0.1) is 16.8 Å². The van der Waals surface area contributed by atoms with Gasteiger partial charge in [-0.3, -0.25) is 4.79 Å². The van der Waals surface area contributed by atoms with Crippen LogP contribution in [-0.2, 0) is 4.79 Å². The Kier molecular flexibility index (Phi) is 2.89. The van der Waals surface area contributed by atoms with Gasteiger partial charge in [-0.05, 0) is 25.5 Å². The molecule has 2 aromatic heterocycles. The number of rotatable bonds is 3. The van der Waals surface area contributed by atoms with E-state index in [1.54, 1.807) is 6.92 Å². The molecule has 1 saturated carbocycles. The number of carbonyl (C=O) groups excluding carboxylic acids is 1. The first-order valence-electron chi connectivity index (χ1n) is 5.71. The molecule has 3 rings (SSSR count). The van der Waals surface area contributed by atoms with Gasteiger partial charge in [-0.15, -0.1) is 34.5 Å². The molecule has 0 spiro atoms. The second-order valence-electron chi connectivity index (χ2n) is 4.79. The first-order valence-corrected chi connectivity index (χ1v) is 7.34. The number of carbonyl (C=O) groups is 1. The molecule has 1 fully saturated rings.